The molecule has 0 spiro atoms. The van der Waals surface area contributed by atoms with E-state index in [4.69, 9.17) is 9.47 Å². The molecule has 0 aromatic carbocycles. The molecular formula is C20H18F3N5O3. The van der Waals surface area contributed by atoms with Crippen LogP contribution in [0.2, 0.25) is 0 Å². The zero-order valence-corrected chi connectivity index (χ0v) is 16.8. The highest BCUT2D eigenvalue weighted by molar-refractivity contribution is 6.10. The number of alkyl halides is 3. The number of amides is 1. The Kier molecular flexibility index (Phi) is 5.03. The largest absolute Gasteiger partial charge is 0.491 e. The number of ether oxygens (including phenoxy) is 2. The van der Waals surface area contributed by atoms with Crippen LogP contribution in [0.1, 0.15) is 29.0 Å². The smallest absolute Gasteiger partial charge is 0.408 e. The van der Waals surface area contributed by atoms with Gasteiger partial charge in [0.1, 0.15) is 6.54 Å². The topological polar surface area (TPSA) is 82.4 Å². The van der Waals surface area contributed by atoms with Crippen molar-refractivity contribution in [3.8, 4) is 22.9 Å². The summed E-state index contributed by atoms with van der Waals surface area (Å²) in [6.45, 7) is 0.527. The van der Waals surface area contributed by atoms with Gasteiger partial charge in [0, 0.05) is 18.0 Å². The molecule has 3 aromatic rings. The van der Waals surface area contributed by atoms with Crippen LogP contribution in [0.5, 0.6) is 11.6 Å². The quantitative estimate of drug-likeness (QED) is 0.611. The Morgan fingerprint density at radius 3 is 2.61 bits per heavy atom. The van der Waals surface area contributed by atoms with E-state index in [1.165, 1.54) is 31.5 Å². The SMILES string of the molecule is COc1cc(-c2ccc3c(n2)C(C)N(c2cnn(CC(F)(F)F)c2)C3=O)cnc1OC. The zero-order chi connectivity index (χ0) is 22.3. The zero-order valence-electron chi connectivity index (χ0n) is 16.8. The van der Waals surface area contributed by atoms with Gasteiger partial charge in [0.2, 0.25) is 0 Å². The number of methoxy groups -OCH3 is 2. The normalized spacial score (nSPS) is 15.9. The van der Waals surface area contributed by atoms with Crippen molar-refractivity contribution in [2.45, 2.75) is 25.7 Å². The third-order valence-corrected chi connectivity index (χ3v) is 4.92. The molecule has 0 aliphatic carbocycles. The van der Waals surface area contributed by atoms with Crippen LogP contribution in [0.25, 0.3) is 11.3 Å². The summed E-state index contributed by atoms with van der Waals surface area (Å²) in [5.41, 5.74) is 2.40. The van der Waals surface area contributed by atoms with Crippen molar-refractivity contribution in [3.05, 3.63) is 48.0 Å². The van der Waals surface area contributed by atoms with Crippen molar-refractivity contribution in [2.24, 2.45) is 0 Å². The van der Waals surface area contributed by atoms with Crippen molar-refractivity contribution in [2.75, 3.05) is 19.1 Å². The van der Waals surface area contributed by atoms with Gasteiger partial charge in [0.15, 0.2) is 5.75 Å². The van der Waals surface area contributed by atoms with E-state index in [1.807, 2.05) is 0 Å². The van der Waals surface area contributed by atoms with Gasteiger partial charge in [-0.25, -0.2) is 9.97 Å². The van der Waals surface area contributed by atoms with Crippen LogP contribution in [-0.4, -0.2) is 46.1 Å². The minimum atomic E-state index is -4.41. The van der Waals surface area contributed by atoms with E-state index in [-0.39, 0.29) is 11.6 Å². The fourth-order valence-corrected chi connectivity index (χ4v) is 3.52. The summed E-state index contributed by atoms with van der Waals surface area (Å²) in [5, 5.41) is 3.73. The highest BCUT2D eigenvalue weighted by Gasteiger charge is 2.38. The second-order valence-corrected chi connectivity index (χ2v) is 6.93. The average molecular weight is 433 g/mol. The first-order chi connectivity index (χ1) is 14.7. The Hall–Kier alpha value is -3.63. The van der Waals surface area contributed by atoms with E-state index >= 15 is 0 Å². The molecular weight excluding hydrogens is 415 g/mol. The van der Waals surface area contributed by atoms with Crippen molar-refractivity contribution in [3.63, 3.8) is 0 Å². The van der Waals surface area contributed by atoms with Gasteiger partial charge in [-0.2, -0.15) is 18.3 Å². The van der Waals surface area contributed by atoms with Crippen molar-refractivity contribution < 1.29 is 27.4 Å². The molecule has 0 bridgehead atoms. The van der Waals surface area contributed by atoms with Crippen LogP contribution in [0.3, 0.4) is 0 Å². The molecule has 4 heterocycles. The maximum absolute atomic E-state index is 12.9. The molecule has 3 aromatic heterocycles. The van der Waals surface area contributed by atoms with Gasteiger partial charge in [-0.1, -0.05) is 0 Å². The molecule has 0 saturated carbocycles. The Labute approximate surface area is 175 Å². The monoisotopic (exact) mass is 433 g/mol. The van der Waals surface area contributed by atoms with Gasteiger partial charge in [-0.3, -0.25) is 14.4 Å². The predicted molar refractivity (Wildman–Crippen MR) is 104 cm³/mol. The van der Waals surface area contributed by atoms with E-state index in [0.29, 0.717) is 34.1 Å². The van der Waals surface area contributed by atoms with E-state index < -0.39 is 18.8 Å². The minimum Gasteiger partial charge on any atom is -0.491 e. The van der Waals surface area contributed by atoms with Gasteiger partial charge >= 0.3 is 6.18 Å². The molecule has 0 saturated heterocycles. The number of aromatic nitrogens is 4. The molecule has 8 nitrogen and oxygen atoms in total. The third kappa shape index (κ3) is 3.78. The van der Waals surface area contributed by atoms with E-state index in [1.54, 1.807) is 31.3 Å². The summed E-state index contributed by atoms with van der Waals surface area (Å²) >= 11 is 0. The molecule has 1 unspecified atom stereocenters. The van der Waals surface area contributed by atoms with Gasteiger partial charge in [-0.05, 0) is 25.1 Å². The number of rotatable bonds is 5. The lowest BCUT2D eigenvalue weighted by atomic mass is 10.1. The average Bonchev–Trinajstić information content (AvgIpc) is 3.27. The Morgan fingerprint density at radius 1 is 1.16 bits per heavy atom. The fourth-order valence-electron chi connectivity index (χ4n) is 3.52. The molecule has 11 heteroatoms. The lowest BCUT2D eigenvalue weighted by Crippen LogP contribution is -2.26. The van der Waals surface area contributed by atoms with Crippen LogP contribution < -0.4 is 14.4 Å². The van der Waals surface area contributed by atoms with Crippen LogP contribution >= 0.6 is 0 Å². The molecule has 4 rings (SSSR count). The highest BCUT2D eigenvalue weighted by atomic mass is 19.4. The van der Waals surface area contributed by atoms with Crippen molar-refractivity contribution in [1.29, 1.82) is 0 Å². The molecule has 0 radical (unpaired) electrons. The molecule has 0 N–H and O–H groups in total. The van der Waals surface area contributed by atoms with Crippen LogP contribution in [0.15, 0.2) is 36.8 Å². The molecule has 1 aliphatic rings. The molecule has 1 amide bonds. The van der Waals surface area contributed by atoms with Gasteiger partial charge < -0.3 is 9.47 Å². The number of carbonyl (C=O) groups excluding carboxylic acids is 1. The summed E-state index contributed by atoms with van der Waals surface area (Å²) in [5.74, 6) is 0.418. The number of nitrogens with zero attached hydrogens (tertiary/aromatic N) is 5. The van der Waals surface area contributed by atoms with Crippen LogP contribution in [0, 0.1) is 0 Å². The van der Waals surface area contributed by atoms with Crippen LogP contribution in [0.4, 0.5) is 18.9 Å². The van der Waals surface area contributed by atoms with Gasteiger partial charge in [0.25, 0.3) is 11.8 Å². The Morgan fingerprint density at radius 2 is 1.94 bits per heavy atom. The molecule has 0 fully saturated rings. The maximum Gasteiger partial charge on any atom is 0.408 e. The van der Waals surface area contributed by atoms with E-state index in [0.717, 1.165) is 4.68 Å². The first kappa shape index (κ1) is 20.6. The maximum atomic E-state index is 12.9. The fraction of sp³-hybridized carbons (Fsp3) is 0.300. The number of anilines is 1. The lowest BCUT2D eigenvalue weighted by molar-refractivity contribution is -0.142. The van der Waals surface area contributed by atoms with E-state index in [2.05, 4.69) is 15.1 Å². The molecule has 31 heavy (non-hydrogen) atoms. The second kappa shape index (κ2) is 7.56. The molecule has 1 atom stereocenters. The van der Waals surface area contributed by atoms with Crippen molar-refractivity contribution >= 4 is 11.6 Å². The summed E-state index contributed by atoms with van der Waals surface area (Å²) in [6, 6.07) is 4.57. The molecule has 162 valence electrons. The Bertz CT molecular complexity index is 1150. The number of fused-ring (bicyclic) bond motifs is 1. The standard InChI is InChI=1S/C20H18F3N5O3/c1-11-17-14(19(29)28(11)13-8-25-27(9-13)10-20(21,22)23)4-5-15(26-17)12-6-16(30-2)18(31-3)24-7-12/h4-9,11H,10H2,1-3H3. The highest BCUT2D eigenvalue weighted by Crippen LogP contribution is 2.38. The summed E-state index contributed by atoms with van der Waals surface area (Å²) < 4.78 is 49.1. The first-order valence-electron chi connectivity index (χ1n) is 9.24. The van der Waals surface area contributed by atoms with Crippen molar-refractivity contribution in [1.82, 2.24) is 19.7 Å². The first-order valence-corrected chi connectivity index (χ1v) is 9.24. The summed E-state index contributed by atoms with van der Waals surface area (Å²) in [6.07, 6.45) is -0.384. The third-order valence-electron chi connectivity index (χ3n) is 4.92. The van der Waals surface area contributed by atoms with Gasteiger partial charge in [0.05, 0.1) is 49.1 Å². The van der Waals surface area contributed by atoms with Crippen LogP contribution in [-0.2, 0) is 6.54 Å². The summed E-state index contributed by atoms with van der Waals surface area (Å²) in [7, 11) is 2.98. The van der Waals surface area contributed by atoms with E-state index in [9.17, 15) is 18.0 Å². The minimum absolute atomic E-state index is 0.272. The predicted octanol–water partition coefficient (Wildman–Crippen LogP) is 3.64. The number of halogens is 3. The second-order valence-electron chi connectivity index (χ2n) is 6.93. The number of pyridine rings is 2. The number of hydrogen-bond acceptors (Lipinski definition) is 6. The summed E-state index contributed by atoms with van der Waals surface area (Å²) in [4.78, 5) is 23.1. The number of hydrogen-bond donors (Lipinski definition) is 0. The van der Waals surface area contributed by atoms with Gasteiger partial charge in [-0.15, -0.1) is 0 Å². The molecule has 1 aliphatic heterocycles. The lowest BCUT2D eigenvalue weighted by Gasteiger charge is -2.19. The number of carbonyl (C=O) groups is 1. The Balaban J connectivity index is 1.66.